The van der Waals surface area contributed by atoms with Gasteiger partial charge in [-0.25, -0.2) is 0 Å². The summed E-state index contributed by atoms with van der Waals surface area (Å²) in [5.74, 6) is -2.16. The Morgan fingerprint density at radius 3 is 2.37 bits per heavy atom. The fourth-order valence-electron chi connectivity index (χ4n) is 1.58. The van der Waals surface area contributed by atoms with Crippen LogP contribution in [0.3, 0.4) is 0 Å². The molecular weight excluding hydrogens is 291 g/mol. The van der Waals surface area contributed by atoms with E-state index in [0.717, 1.165) is 5.56 Å². The maximum Gasteiger partial charge on any atom is 0.375 e. The summed E-state index contributed by atoms with van der Waals surface area (Å²) in [6.45, 7) is 1.81. The zero-order valence-corrected chi connectivity index (χ0v) is 12.6. The Bertz CT molecular complexity index is 483. The molecule has 0 amide bonds. The minimum Gasteiger partial charge on any atom is -0.443 e. The third-order valence-electron chi connectivity index (χ3n) is 2.60. The molecule has 19 heavy (non-hydrogen) atoms. The predicted molar refractivity (Wildman–Crippen MR) is 72.4 cm³/mol. The summed E-state index contributed by atoms with van der Waals surface area (Å²) in [4.78, 5) is 11.4. The molecular formula is C12H16ClO5P. The lowest BCUT2D eigenvalue weighted by molar-refractivity contribution is -0.143. The first-order valence-corrected chi connectivity index (χ1v) is 7.65. The van der Waals surface area contributed by atoms with E-state index < -0.39 is 19.4 Å². The van der Waals surface area contributed by atoms with Gasteiger partial charge in [0, 0.05) is 19.8 Å². The highest BCUT2D eigenvalue weighted by molar-refractivity contribution is 7.54. The van der Waals surface area contributed by atoms with Crippen LogP contribution in [-0.2, 0) is 23.1 Å². The second kappa shape index (κ2) is 7.06. The molecule has 1 rings (SSSR count). The number of alkyl halides is 1. The normalized spacial score (nSPS) is 13.1. The van der Waals surface area contributed by atoms with Gasteiger partial charge in [0.25, 0.3) is 0 Å². The zero-order valence-electron chi connectivity index (χ0n) is 11.0. The molecule has 1 unspecified atom stereocenters. The first-order valence-electron chi connectivity index (χ1n) is 5.50. The Morgan fingerprint density at radius 2 is 1.89 bits per heavy atom. The highest BCUT2D eigenvalue weighted by atomic mass is 35.5. The summed E-state index contributed by atoms with van der Waals surface area (Å²) in [5.41, 5.74) is 1.37. The van der Waals surface area contributed by atoms with Crippen LogP contribution in [0.5, 0.6) is 0 Å². The summed E-state index contributed by atoms with van der Waals surface area (Å²) in [6.07, 6.45) is 0. The number of carbonyl (C=O) groups excluding carboxylic acids is 1. The first kappa shape index (κ1) is 16.2. The van der Waals surface area contributed by atoms with Crippen LogP contribution in [0, 0.1) is 6.92 Å². The molecule has 1 atom stereocenters. The van der Waals surface area contributed by atoms with E-state index in [-0.39, 0.29) is 5.88 Å². The molecule has 0 saturated carbocycles. The van der Waals surface area contributed by atoms with Gasteiger partial charge in [0.05, 0.1) is 0 Å². The van der Waals surface area contributed by atoms with E-state index in [0.29, 0.717) is 5.56 Å². The molecule has 5 nitrogen and oxygen atoms in total. The fraction of sp³-hybridized carbons (Fsp3) is 0.417. The second-order valence-corrected chi connectivity index (χ2v) is 6.28. The Kier molecular flexibility index (Phi) is 6.01. The van der Waals surface area contributed by atoms with Crippen LogP contribution in [0.1, 0.15) is 17.0 Å². The van der Waals surface area contributed by atoms with Gasteiger partial charge in [0.1, 0.15) is 5.88 Å². The number of hydrogen-bond donors (Lipinski definition) is 0. The SMILES string of the molecule is COP(=O)(OC)C(OC(=O)CCl)c1ccccc1C. The third kappa shape index (κ3) is 3.80. The predicted octanol–water partition coefficient (Wildman–Crippen LogP) is 3.26. The average molecular weight is 307 g/mol. The molecule has 0 aliphatic carbocycles. The number of carbonyl (C=O) groups is 1. The van der Waals surface area contributed by atoms with Crippen molar-refractivity contribution in [1.29, 1.82) is 0 Å². The smallest absolute Gasteiger partial charge is 0.375 e. The molecule has 0 heterocycles. The van der Waals surface area contributed by atoms with E-state index in [4.69, 9.17) is 25.4 Å². The molecule has 0 aliphatic heterocycles. The van der Waals surface area contributed by atoms with Crippen molar-refractivity contribution in [3.05, 3.63) is 35.4 Å². The number of ether oxygens (including phenoxy) is 1. The molecule has 0 N–H and O–H groups in total. The lowest BCUT2D eigenvalue weighted by atomic mass is 10.1. The Morgan fingerprint density at radius 1 is 1.32 bits per heavy atom. The summed E-state index contributed by atoms with van der Waals surface area (Å²) >= 11 is 5.41. The van der Waals surface area contributed by atoms with Gasteiger partial charge < -0.3 is 13.8 Å². The van der Waals surface area contributed by atoms with E-state index in [2.05, 4.69) is 0 Å². The highest BCUT2D eigenvalue weighted by Crippen LogP contribution is 2.60. The van der Waals surface area contributed by atoms with Crippen molar-refractivity contribution in [1.82, 2.24) is 0 Å². The molecule has 1 aromatic rings. The summed E-state index contributed by atoms with van der Waals surface area (Å²) in [7, 11) is -1.13. The monoisotopic (exact) mass is 306 g/mol. The van der Waals surface area contributed by atoms with Gasteiger partial charge in [-0.1, -0.05) is 24.3 Å². The number of halogens is 1. The van der Waals surface area contributed by atoms with Gasteiger partial charge in [-0.2, -0.15) is 0 Å². The van der Waals surface area contributed by atoms with Crippen molar-refractivity contribution >= 4 is 25.2 Å². The Labute approximate surface area is 117 Å². The lowest BCUT2D eigenvalue weighted by Crippen LogP contribution is -2.15. The standard InChI is InChI=1S/C12H16ClO5P/c1-9-6-4-5-7-10(9)12(18-11(14)8-13)19(15,16-2)17-3/h4-7,12H,8H2,1-3H3. The number of rotatable bonds is 6. The van der Waals surface area contributed by atoms with Gasteiger partial charge in [-0.15, -0.1) is 11.6 Å². The first-order chi connectivity index (χ1) is 8.98. The van der Waals surface area contributed by atoms with Crippen molar-refractivity contribution in [3.63, 3.8) is 0 Å². The van der Waals surface area contributed by atoms with Crippen LogP contribution in [0.2, 0.25) is 0 Å². The van der Waals surface area contributed by atoms with Crippen molar-refractivity contribution in [2.45, 2.75) is 12.8 Å². The molecule has 106 valence electrons. The van der Waals surface area contributed by atoms with E-state index >= 15 is 0 Å². The van der Waals surface area contributed by atoms with E-state index in [9.17, 15) is 9.36 Å². The molecule has 0 saturated heterocycles. The van der Waals surface area contributed by atoms with E-state index in [1.54, 1.807) is 12.1 Å². The molecule has 0 spiro atoms. The van der Waals surface area contributed by atoms with Crippen LogP contribution < -0.4 is 0 Å². The Balaban J connectivity index is 3.24. The van der Waals surface area contributed by atoms with Crippen molar-refractivity contribution < 1.29 is 23.1 Å². The zero-order chi connectivity index (χ0) is 14.5. The molecule has 0 aromatic heterocycles. The topological polar surface area (TPSA) is 61.8 Å². The Hall–Kier alpha value is -0.870. The van der Waals surface area contributed by atoms with Gasteiger partial charge in [-0.05, 0) is 12.5 Å². The highest BCUT2D eigenvalue weighted by Gasteiger charge is 2.39. The number of aryl methyl sites for hydroxylation is 1. The maximum atomic E-state index is 12.5. The second-order valence-electron chi connectivity index (χ2n) is 3.74. The van der Waals surface area contributed by atoms with Gasteiger partial charge in [0.15, 0.2) is 0 Å². The number of benzene rings is 1. The largest absolute Gasteiger partial charge is 0.443 e. The van der Waals surface area contributed by atoms with E-state index in [1.165, 1.54) is 14.2 Å². The van der Waals surface area contributed by atoms with E-state index in [1.807, 2.05) is 19.1 Å². The minimum absolute atomic E-state index is 0.337. The summed E-state index contributed by atoms with van der Waals surface area (Å²) in [5, 5.41) is 0. The van der Waals surface area contributed by atoms with Crippen LogP contribution in [-0.4, -0.2) is 26.1 Å². The fourth-order valence-corrected chi connectivity index (χ4v) is 3.06. The lowest BCUT2D eigenvalue weighted by Gasteiger charge is -2.25. The van der Waals surface area contributed by atoms with Crippen molar-refractivity contribution in [2.75, 3.05) is 20.1 Å². The number of esters is 1. The molecule has 0 bridgehead atoms. The van der Waals surface area contributed by atoms with Crippen LogP contribution in [0.4, 0.5) is 0 Å². The van der Waals surface area contributed by atoms with Crippen molar-refractivity contribution in [3.8, 4) is 0 Å². The van der Waals surface area contributed by atoms with Gasteiger partial charge in [-0.3, -0.25) is 9.36 Å². The molecule has 0 fully saturated rings. The number of hydrogen-bond acceptors (Lipinski definition) is 5. The quantitative estimate of drug-likeness (QED) is 0.458. The molecule has 7 heteroatoms. The minimum atomic E-state index is -3.61. The molecule has 0 radical (unpaired) electrons. The average Bonchev–Trinajstić information content (AvgIpc) is 2.44. The van der Waals surface area contributed by atoms with Gasteiger partial charge >= 0.3 is 13.6 Å². The summed E-state index contributed by atoms with van der Waals surface area (Å²) < 4.78 is 27.5. The maximum absolute atomic E-state index is 12.5. The van der Waals surface area contributed by atoms with Crippen molar-refractivity contribution in [2.24, 2.45) is 0 Å². The van der Waals surface area contributed by atoms with Crippen LogP contribution in [0.25, 0.3) is 0 Å². The van der Waals surface area contributed by atoms with Crippen LogP contribution >= 0.6 is 19.2 Å². The van der Waals surface area contributed by atoms with Crippen LogP contribution in [0.15, 0.2) is 24.3 Å². The molecule has 1 aromatic carbocycles. The van der Waals surface area contributed by atoms with Gasteiger partial charge in [0.2, 0.25) is 5.85 Å². The third-order valence-corrected chi connectivity index (χ3v) is 4.80. The molecule has 0 aliphatic rings. The summed E-state index contributed by atoms with van der Waals surface area (Å²) in [6, 6.07) is 7.09.